The summed E-state index contributed by atoms with van der Waals surface area (Å²) in [6.07, 6.45) is 0. The van der Waals surface area contributed by atoms with E-state index in [1.807, 2.05) is 22.8 Å². The Morgan fingerprint density at radius 3 is 2.85 bits per heavy atom. The van der Waals surface area contributed by atoms with E-state index in [1.54, 1.807) is 19.1 Å². The number of carbonyl (C=O) groups excluding carboxylic acids is 2. The molecule has 4 rings (SSSR count). The first kappa shape index (κ1) is 16.4. The highest BCUT2D eigenvalue weighted by Gasteiger charge is 2.28. The normalized spacial score (nSPS) is 16.0. The molecule has 0 saturated carbocycles. The van der Waals surface area contributed by atoms with E-state index in [9.17, 15) is 9.59 Å². The molecule has 1 aliphatic heterocycles. The van der Waals surface area contributed by atoms with Crippen molar-refractivity contribution in [1.29, 1.82) is 0 Å². The lowest BCUT2D eigenvalue weighted by atomic mass is 9.93. The molecule has 2 aromatic heterocycles. The summed E-state index contributed by atoms with van der Waals surface area (Å²) in [7, 11) is 0. The van der Waals surface area contributed by atoms with Gasteiger partial charge in [-0.25, -0.2) is 0 Å². The molecular weight excluding hydrogens is 332 g/mol. The second kappa shape index (κ2) is 5.72. The summed E-state index contributed by atoms with van der Waals surface area (Å²) in [5, 5.41) is 10.4. The van der Waals surface area contributed by atoms with Gasteiger partial charge < -0.3 is 19.7 Å². The fraction of sp³-hybridized carbons (Fsp3) is 0.316. The maximum Gasteiger partial charge on any atom is 0.267 e. The number of hydrogen-bond donors (Lipinski definition) is 2. The molecule has 0 bridgehead atoms. The van der Waals surface area contributed by atoms with E-state index < -0.39 is 0 Å². The molecule has 0 atom stereocenters. The van der Waals surface area contributed by atoms with Gasteiger partial charge in [0.2, 0.25) is 0 Å². The van der Waals surface area contributed by atoms with Crippen molar-refractivity contribution in [2.75, 3.05) is 11.9 Å². The molecule has 7 heteroatoms. The lowest BCUT2D eigenvalue weighted by Crippen LogP contribution is -2.31. The topological polar surface area (TPSA) is 89.2 Å². The summed E-state index contributed by atoms with van der Waals surface area (Å²) in [4.78, 5) is 24.9. The van der Waals surface area contributed by atoms with E-state index >= 15 is 0 Å². The minimum atomic E-state index is -0.270. The zero-order valence-corrected chi connectivity index (χ0v) is 14.9. The SMILES string of the molecule is Cc1cc(NC(=O)c2ccc3cc4n(c3c2)CC(C)(C)CNC4=O)no1. The molecule has 7 nitrogen and oxygen atoms in total. The number of fused-ring (bicyclic) bond motifs is 3. The van der Waals surface area contributed by atoms with Crippen LogP contribution in [0, 0.1) is 12.3 Å². The van der Waals surface area contributed by atoms with Gasteiger partial charge in [0, 0.05) is 41.0 Å². The van der Waals surface area contributed by atoms with Gasteiger partial charge >= 0.3 is 0 Å². The van der Waals surface area contributed by atoms with Gasteiger partial charge in [-0.05, 0) is 25.1 Å². The Bertz CT molecular complexity index is 1030. The average molecular weight is 352 g/mol. The molecule has 0 aliphatic carbocycles. The largest absolute Gasteiger partial charge is 0.360 e. The Kier molecular flexibility index (Phi) is 3.61. The highest BCUT2D eigenvalue weighted by Crippen LogP contribution is 2.28. The molecule has 0 radical (unpaired) electrons. The van der Waals surface area contributed by atoms with Gasteiger partial charge in [0.25, 0.3) is 11.8 Å². The van der Waals surface area contributed by atoms with Gasteiger partial charge in [-0.2, -0.15) is 0 Å². The second-order valence-corrected chi connectivity index (χ2v) is 7.51. The highest BCUT2D eigenvalue weighted by atomic mass is 16.5. The molecule has 0 spiro atoms. The highest BCUT2D eigenvalue weighted by molar-refractivity contribution is 6.07. The zero-order valence-electron chi connectivity index (χ0n) is 14.9. The third kappa shape index (κ3) is 2.85. The van der Waals surface area contributed by atoms with Crippen molar-refractivity contribution in [2.24, 2.45) is 5.41 Å². The first-order valence-corrected chi connectivity index (χ1v) is 8.49. The van der Waals surface area contributed by atoms with Crippen LogP contribution in [0.15, 0.2) is 34.9 Å². The fourth-order valence-electron chi connectivity index (χ4n) is 3.26. The van der Waals surface area contributed by atoms with Crippen LogP contribution in [-0.4, -0.2) is 28.1 Å². The summed E-state index contributed by atoms with van der Waals surface area (Å²) in [6.45, 7) is 7.28. The monoisotopic (exact) mass is 352 g/mol. The van der Waals surface area contributed by atoms with Gasteiger partial charge in [-0.1, -0.05) is 25.1 Å². The van der Waals surface area contributed by atoms with Gasteiger partial charge in [-0.15, -0.1) is 0 Å². The molecule has 3 aromatic rings. The number of nitrogens with one attached hydrogen (secondary N) is 2. The molecule has 1 aromatic carbocycles. The minimum Gasteiger partial charge on any atom is -0.360 e. The quantitative estimate of drug-likeness (QED) is 0.742. The molecular formula is C19H20N4O3. The maximum atomic E-state index is 12.5. The van der Waals surface area contributed by atoms with Crippen LogP contribution in [0.25, 0.3) is 10.9 Å². The molecule has 3 heterocycles. The Labute approximate surface area is 150 Å². The molecule has 2 N–H and O–H groups in total. The minimum absolute atomic E-state index is 0.0800. The molecule has 1 aliphatic rings. The number of aromatic nitrogens is 2. The Hall–Kier alpha value is -3.09. The van der Waals surface area contributed by atoms with Crippen LogP contribution in [0.2, 0.25) is 0 Å². The van der Waals surface area contributed by atoms with Gasteiger partial charge in [0.05, 0.1) is 0 Å². The fourth-order valence-corrected chi connectivity index (χ4v) is 3.26. The van der Waals surface area contributed by atoms with Crippen molar-refractivity contribution >= 4 is 28.5 Å². The van der Waals surface area contributed by atoms with Crippen LogP contribution >= 0.6 is 0 Å². The summed E-state index contributed by atoms with van der Waals surface area (Å²) in [6, 6.07) is 8.95. The molecule has 2 amide bonds. The summed E-state index contributed by atoms with van der Waals surface area (Å²) in [5.41, 5.74) is 1.91. The third-order valence-corrected chi connectivity index (χ3v) is 4.58. The van der Waals surface area contributed by atoms with Crippen molar-refractivity contribution in [3.8, 4) is 0 Å². The zero-order chi connectivity index (χ0) is 18.5. The van der Waals surface area contributed by atoms with Crippen molar-refractivity contribution in [3.63, 3.8) is 0 Å². The summed E-state index contributed by atoms with van der Waals surface area (Å²) in [5.74, 6) is 0.645. The van der Waals surface area contributed by atoms with E-state index in [1.165, 1.54) is 0 Å². The van der Waals surface area contributed by atoms with Crippen molar-refractivity contribution in [1.82, 2.24) is 15.0 Å². The van der Waals surface area contributed by atoms with Crippen molar-refractivity contribution in [3.05, 3.63) is 47.3 Å². The Morgan fingerprint density at radius 2 is 2.12 bits per heavy atom. The maximum absolute atomic E-state index is 12.5. The van der Waals surface area contributed by atoms with Crippen molar-refractivity contribution < 1.29 is 14.1 Å². The number of carbonyl (C=O) groups is 2. The summed E-state index contributed by atoms with van der Waals surface area (Å²) < 4.78 is 6.96. The standard InChI is InChI=1S/C19H20N4O3/c1-11-6-16(22-26-11)21-17(24)13-5-4-12-7-15-18(25)20-9-19(2,3)10-23(15)14(12)8-13/h4-8H,9-10H2,1-3H3,(H,20,25)(H,21,22,24). The summed E-state index contributed by atoms with van der Waals surface area (Å²) >= 11 is 0. The molecule has 0 saturated heterocycles. The average Bonchev–Trinajstić information content (AvgIpc) is 3.12. The van der Waals surface area contributed by atoms with E-state index in [-0.39, 0.29) is 17.2 Å². The number of amides is 2. The Morgan fingerprint density at radius 1 is 1.31 bits per heavy atom. The molecule has 134 valence electrons. The smallest absolute Gasteiger partial charge is 0.267 e. The van der Waals surface area contributed by atoms with E-state index in [2.05, 4.69) is 29.6 Å². The number of anilines is 1. The lowest BCUT2D eigenvalue weighted by molar-refractivity contribution is 0.0942. The van der Waals surface area contributed by atoms with Crippen LogP contribution in [-0.2, 0) is 6.54 Å². The predicted octanol–water partition coefficient (Wildman–Crippen LogP) is 2.96. The number of benzene rings is 1. The van der Waals surface area contributed by atoms with Gasteiger partial charge in [-0.3, -0.25) is 9.59 Å². The first-order chi connectivity index (χ1) is 12.3. The van der Waals surface area contributed by atoms with E-state index in [4.69, 9.17) is 4.52 Å². The van der Waals surface area contributed by atoms with Crippen LogP contribution < -0.4 is 10.6 Å². The lowest BCUT2D eigenvalue weighted by Gasteiger charge is -2.23. The van der Waals surface area contributed by atoms with Crippen molar-refractivity contribution in [2.45, 2.75) is 27.3 Å². The van der Waals surface area contributed by atoms with Crippen LogP contribution in [0.1, 0.15) is 40.5 Å². The number of aryl methyl sites for hydroxylation is 1. The molecule has 0 fully saturated rings. The van der Waals surface area contributed by atoms with Gasteiger partial charge in [0.1, 0.15) is 11.5 Å². The number of rotatable bonds is 2. The van der Waals surface area contributed by atoms with E-state index in [0.717, 1.165) is 10.9 Å². The number of hydrogen-bond acceptors (Lipinski definition) is 4. The van der Waals surface area contributed by atoms with Crippen LogP contribution in [0.4, 0.5) is 5.82 Å². The Balaban J connectivity index is 1.74. The molecule has 0 unspecified atom stereocenters. The second-order valence-electron chi connectivity index (χ2n) is 7.51. The van der Waals surface area contributed by atoms with Crippen LogP contribution in [0.3, 0.4) is 0 Å². The third-order valence-electron chi connectivity index (χ3n) is 4.58. The van der Waals surface area contributed by atoms with E-state index in [0.29, 0.717) is 35.9 Å². The van der Waals surface area contributed by atoms with Gasteiger partial charge in [0.15, 0.2) is 5.82 Å². The predicted molar refractivity (Wildman–Crippen MR) is 97.2 cm³/mol. The first-order valence-electron chi connectivity index (χ1n) is 8.49. The molecule has 26 heavy (non-hydrogen) atoms. The van der Waals surface area contributed by atoms with Crippen LogP contribution in [0.5, 0.6) is 0 Å². The number of nitrogens with zero attached hydrogens (tertiary/aromatic N) is 2.